The highest BCUT2D eigenvalue weighted by atomic mass is 19.4. The van der Waals surface area contributed by atoms with Gasteiger partial charge >= 0.3 is 12.2 Å². The number of anilines is 2. The quantitative estimate of drug-likeness (QED) is 0.710. The van der Waals surface area contributed by atoms with Crippen molar-refractivity contribution < 1.29 is 22.3 Å². The highest BCUT2D eigenvalue weighted by Crippen LogP contribution is 2.38. The summed E-state index contributed by atoms with van der Waals surface area (Å²) in [6.07, 6.45) is -2.69. The summed E-state index contributed by atoms with van der Waals surface area (Å²) < 4.78 is 59.5. The minimum atomic E-state index is -4.85. The standard InChI is InChI=1S/C19H24F4N6O/c1-4-12-14(26-18(30-3)27-17(12)29-7-5-24-6-8-29)11-28(2)15-10-25-9-13(20)16(15)19(21,22)23/h9-10,24H,4-8,11H2,1-3H3. The maximum Gasteiger partial charge on any atom is 0.421 e. The molecule has 3 heterocycles. The van der Waals surface area contributed by atoms with E-state index in [2.05, 4.69) is 25.2 Å². The van der Waals surface area contributed by atoms with E-state index >= 15 is 0 Å². The topological polar surface area (TPSA) is 66.4 Å². The van der Waals surface area contributed by atoms with E-state index in [9.17, 15) is 17.6 Å². The van der Waals surface area contributed by atoms with Crippen LogP contribution in [0, 0.1) is 5.82 Å². The Morgan fingerprint density at radius 1 is 1.20 bits per heavy atom. The molecular weight excluding hydrogens is 404 g/mol. The van der Waals surface area contributed by atoms with Crippen LogP contribution in [0.15, 0.2) is 12.4 Å². The third kappa shape index (κ3) is 4.55. The molecule has 1 saturated heterocycles. The number of methoxy groups -OCH3 is 1. The summed E-state index contributed by atoms with van der Waals surface area (Å²) in [5.74, 6) is -0.702. The van der Waals surface area contributed by atoms with Crippen LogP contribution in [0.5, 0.6) is 6.01 Å². The molecule has 0 atom stereocenters. The second-order valence-corrected chi connectivity index (χ2v) is 6.92. The monoisotopic (exact) mass is 428 g/mol. The van der Waals surface area contributed by atoms with Crippen molar-refractivity contribution in [2.24, 2.45) is 0 Å². The number of hydrogen-bond donors (Lipinski definition) is 1. The van der Waals surface area contributed by atoms with Crippen molar-refractivity contribution in [1.82, 2.24) is 20.3 Å². The summed E-state index contributed by atoms with van der Waals surface area (Å²) in [6, 6.07) is 0.137. The van der Waals surface area contributed by atoms with Crippen molar-refractivity contribution in [1.29, 1.82) is 0 Å². The van der Waals surface area contributed by atoms with Gasteiger partial charge in [0.2, 0.25) is 0 Å². The molecule has 30 heavy (non-hydrogen) atoms. The highest BCUT2D eigenvalue weighted by Gasteiger charge is 2.38. The molecule has 1 N–H and O–H groups in total. The van der Waals surface area contributed by atoms with Crippen LogP contribution in [0.2, 0.25) is 0 Å². The largest absolute Gasteiger partial charge is 0.467 e. The average Bonchev–Trinajstić information content (AvgIpc) is 2.72. The number of piperazine rings is 1. The second kappa shape index (κ2) is 8.99. The van der Waals surface area contributed by atoms with Crippen LogP contribution in [0.4, 0.5) is 29.1 Å². The first kappa shape index (κ1) is 22.0. The van der Waals surface area contributed by atoms with E-state index in [1.54, 1.807) is 0 Å². The molecule has 7 nitrogen and oxygen atoms in total. The fraction of sp³-hybridized carbons (Fsp3) is 0.526. The normalized spacial score (nSPS) is 14.7. The summed E-state index contributed by atoms with van der Waals surface area (Å²) in [6.45, 7) is 5.03. The number of nitrogens with one attached hydrogen (secondary N) is 1. The Kier molecular flexibility index (Phi) is 6.59. The van der Waals surface area contributed by atoms with Crippen molar-refractivity contribution in [3.05, 3.63) is 35.0 Å². The molecule has 0 aromatic carbocycles. The average molecular weight is 428 g/mol. The van der Waals surface area contributed by atoms with E-state index in [1.807, 2.05) is 6.92 Å². The van der Waals surface area contributed by atoms with Gasteiger partial charge in [0, 0.05) is 38.8 Å². The Labute approximate surface area is 172 Å². The summed E-state index contributed by atoms with van der Waals surface area (Å²) in [4.78, 5) is 15.9. The third-order valence-corrected chi connectivity index (χ3v) is 4.96. The first-order chi connectivity index (χ1) is 14.3. The van der Waals surface area contributed by atoms with Gasteiger partial charge in [-0.15, -0.1) is 0 Å². The van der Waals surface area contributed by atoms with Gasteiger partial charge in [-0.05, 0) is 6.42 Å². The summed E-state index contributed by atoms with van der Waals surface area (Å²) in [5.41, 5.74) is -0.354. The minimum Gasteiger partial charge on any atom is -0.467 e. The molecule has 0 spiro atoms. The molecule has 1 aliphatic heterocycles. The number of pyridine rings is 1. The first-order valence-electron chi connectivity index (χ1n) is 9.57. The van der Waals surface area contributed by atoms with Crippen molar-refractivity contribution in [2.45, 2.75) is 26.1 Å². The summed E-state index contributed by atoms with van der Waals surface area (Å²) >= 11 is 0. The van der Waals surface area contributed by atoms with E-state index < -0.39 is 17.6 Å². The highest BCUT2D eigenvalue weighted by molar-refractivity contribution is 5.55. The van der Waals surface area contributed by atoms with Gasteiger partial charge < -0.3 is 19.9 Å². The van der Waals surface area contributed by atoms with Gasteiger partial charge in [0.15, 0.2) is 5.82 Å². The van der Waals surface area contributed by atoms with Crippen molar-refractivity contribution >= 4 is 11.5 Å². The second-order valence-electron chi connectivity index (χ2n) is 6.92. The predicted octanol–water partition coefficient (Wildman–Crippen LogP) is 2.65. The van der Waals surface area contributed by atoms with Crippen LogP contribution < -0.4 is 19.9 Å². The smallest absolute Gasteiger partial charge is 0.421 e. The van der Waals surface area contributed by atoms with E-state index in [0.717, 1.165) is 37.9 Å². The molecule has 0 bridgehead atoms. The molecule has 0 saturated carbocycles. The fourth-order valence-corrected chi connectivity index (χ4v) is 3.52. The Morgan fingerprint density at radius 2 is 1.90 bits per heavy atom. The zero-order valence-electron chi connectivity index (χ0n) is 17.1. The maximum atomic E-state index is 13.9. The number of aromatic nitrogens is 3. The third-order valence-electron chi connectivity index (χ3n) is 4.96. The first-order valence-corrected chi connectivity index (χ1v) is 9.57. The molecule has 2 aromatic rings. The van der Waals surface area contributed by atoms with Crippen molar-refractivity contribution in [3.63, 3.8) is 0 Å². The Morgan fingerprint density at radius 3 is 2.50 bits per heavy atom. The molecule has 1 fully saturated rings. The molecule has 11 heteroatoms. The lowest BCUT2D eigenvalue weighted by molar-refractivity contribution is -0.139. The minimum absolute atomic E-state index is 0.00928. The van der Waals surface area contributed by atoms with E-state index in [-0.39, 0.29) is 18.2 Å². The zero-order valence-corrected chi connectivity index (χ0v) is 17.1. The number of alkyl halides is 3. The van der Waals surface area contributed by atoms with E-state index in [4.69, 9.17) is 4.74 Å². The van der Waals surface area contributed by atoms with Gasteiger partial charge in [-0.3, -0.25) is 4.98 Å². The van der Waals surface area contributed by atoms with Crippen LogP contribution in [-0.4, -0.2) is 55.3 Å². The van der Waals surface area contributed by atoms with Crippen LogP contribution in [0.1, 0.15) is 23.7 Å². The molecule has 0 unspecified atom stereocenters. The van der Waals surface area contributed by atoms with Gasteiger partial charge in [-0.1, -0.05) is 6.92 Å². The lowest BCUT2D eigenvalue weighted by Gasteiger charge is -2.31. The fourth-order valence-electron chi connectivity index (χ4n) is 3.52. The Bertz CT molecular complexity index is 886. The van der Waals surface area contributed by atoms with Crippen LogP contribution >= 0.6 is 0 Å². The summed E-state index contributed by atoms with van der Waals surface area (Å²) in [7, 11) is 2.89. The molecule has 3 rings (SSSR count). The summed E-state index contributed by atoms with van der Waals surface area (Å²) in [5, 5.41) is 3.27. The molecule has 1 aliphatic rings. The van der Waals surface area contributed by atoms with E-state index in [0.29, 0.717) is 24.1 Å². The Hall–Kier alpha value is -2.69. The van der Waals surface area contributed by atoms with Gasteiger partial charge in [-0.2, -0.15) is 23.1 Å². The Balaban J connectivity index is 2.01. The molecule has 164 valence electrons. The van der Waals surface area contributed by atoms with Gasteiger partial charge in [0.05, 0.1) is 37.4 Å². The van der Waals surface area contributed by atoms with Gasteiger partial charge in [0.1, 0.15) is 11.4 Å². The van der Waals surface area contributed by atoms with Crippen LogP contribution in [0.3, 0.4) is 0 Å². The van der Waals surface area contributed by atoms with E-state index in [1.165, 1.54) is 19.1 Å². The van der Waals surface area contributed by atoms with Gasteiger partial charge in [-0.25, -0.2) is 4.39 Å². The molecule has 0 aliphatic carbocycles. The lowest BCUT2D eigenvalue weighted by atomic mass is 10.1. The molecule has 2 aromatic heterocycles. The number of rotatable bonds is 6. The molecule has 0 amide bonds. The van der Waals surface area contributed by atoms with Crippen LogP contribution in [0.25, 0.3) is 0 Å². The number of nitrogens with zero attached hydrogens (tertiary/aromatic N) is 5. The number of ether oxygens (including phenoxy) is 1. The maximum absolute atomic E-state index is 13.9. The van der Waals surface area contributed by atoms with Crippen LogP contribution in [-0.2, 0) is 19.1 Å². The lowest BCUT2D eigenvalue weighted by Crippen LogP contribution is -2.44. The molecular formula is C19H24F4N6O. The SMILES string of the molecule is CCc1c(CN(C)c2cncc(F)c2C(F)(F)F)nc(OC)nc1N1CCNCC1. The predicted molar refractivity (Wildman–Crippen MR) is 104 cm³/mol. The number of halogens is 4. The van der Waals surface area contributed by atoms with Gasteiger partial charge in [0.25, 0.3) is 0 Å². The van der Waals surface area contributed by atoms with Crippen molar-refractivity contribution in [2.75, 3.05) is 50.1 Å². The van der Waals surface area contributed by atoms with Crippen molar-refractivity contribution in [3.8, 4) is 6.01 Å². The number of hydrogen-bond acceptors (Lipinski definition) is 7. The zero-order chi connectivity index (χ0) is 21.9. The molecule has 0 radical (unpaired) electrons.